The highest BCUT2D eigenvalue weighted by atomic mass is 16.5. The fraction of sp³-hybridized carbons (Fsp3) is 0.312. The van der Waals surface area contributed by atoms with E-state index in [4.69, 9.17) is 4.74 Å². The Bertz CT molecular complexity index is 490. The Hall–Kier alpha value is -1.91. The van der Waals surface area contributed by atoms with E-state index in [1.54, 1.807) is 6.20 Å². The standard InChI is InChI=1S/C16H20N2O2/c1-13(14-6-5-9-17-10-14)18-11-15(19)12-20-16-7-3-2-4-8-16/h2-10,13,15,18-19H,11-12H2,1H3/t13-,15?/m1/s1. The molecule has 1 unspecified atom stereocenters. The highest BCUT2D eigenvalue weighted by Crippen LogP contribution is 2.10. The molecule has 0 aliphatic heterocycles. The van der Waals surface area contributed by atoms with Gasteiger partial charge in [-0.2, -0.15) is 0 Å². The van der Waals surface area contributed by atoms with Crippen molar-refractivity contribution in [3.05, 3.63) is 60.4 Å². The van der Waals surface area contributed by atoms with Crippen LogP contribution < -0.4 is 10.1 Å². The van der Waals surface area contributed by atoms with Gasteiger partial charge in [0, 0.05) is 25.0 Å². The molecule has 0 amide bonds. The fourth-order valence-corrected chi connectivity index (χ4v) is 1.83. The topological polar surface area (TPSA) is 54.4 Å². The van der Waals surface area contributed by atoms with Crippen molar-refractivity contribution in [2.75, 3.05) is 13.2 Å². The van der Waals surface area contributed by atoms with Crippen LogP contribution in [0.1, 0.15) is 18.5 Å². The van der Waals surface area contributed by atoms with Gasteiger partial charge in [-0.3, -0.25) is 4.98 Å². The molecule has 4 heteroatoms. The Balaban J connectivity index is 1.71. The van der Waals surface area contributed by atoms with Crippen LogP contribution in [-0.2, 0) is 0 Å². The first kappa shape index (κ1) is 14.5. The van der Waals surface area contributed by atoms with Gasteiger partial charge < -0.3 is 15.2 Å². The molecule has 0 bridgehead atoms. The number of hydrogen-bond acceptors (Lipinski definition) is 4. The van der Waals surface area contributed by atoms with Gasteiger partial charge in [0.2, 0.25) is 0 Å². The molecule has 0 saturated heterocycles. The summed E-state index contributed by atoms with van der Waals surface area (Å²) in [6.07, 6.45) is 3.03. The lowest BCUT2D eigenvalue weighted by atomic mass is 10.1. The number of nitrogens with zero attached hydrogens (tertiary/aromatic N) is 1. The first-order valence-electron chi connectivity index (χ1n) is 6.75. The number of aromatic nitrogens is 1. The number of benzene rings is 1. The summed E-state index contributed by atoms with van der Waals surface area (Å²) >= 11 is 0. The van der Waals surface area contributed by atoms with Gasteiger partial charge in [-0.1, -0.05) is 24.3 Å². The third-order valence-corrected chi connectivity index (χ3v) is 3.03. The summed E-state index contributed by atoms with van der Waals surface area (Å²) in [5, 5.41) is 13.2. The zero-order chi connectivity index (χ0) is 14.2. The smallest absolute Gasteiger partial charge is 0.119 e. The van der Waals surface area contributed by atoms with Crippen LogP contribution in [0.5, 0.6) is 5.75 Å². The maximum Gasteiger partial charge on any atom is 0.119 e. The van der Waals surface area contributed by atoms with Crippen molar-refractivity contribution in [3.63, 3.8) is 0 Å². The quantitative estimate of drug-likeness (QED) is 0.811. The molecule has 2 N–H and O–H groups in total. The van der Waals surface area contributed by atoms with Crippen LogP contribution in [0.3, 0.4) is 0 Å². The zero-order valence-corrected chi connectivity index (χ0v) is 11.6. The van der Waals surface area contributed by atoms with E-state index < -0.39 is 6.10 Å². The monoisotopic (exact) mass is 272 g/mol. The molecule has 0 spiro atoms. The van der Waals surface area contributed by atoms with Gasteiger partial charge in [0.05, 0.1) is 0 Å². The van der Waals surface area contributed by atoms with Gasteiger partial charge in [0.15, 0.2) is 0 Å². The highest BCUT2D eigenvalue weighted by molar-refractivity contribution is 5.20. The molecule has 2 rings (SSSR count). The maximum atomic E-state index is 9.90. The molecular weight excluding hydrogens is 252 g/mol. The third kappa shape index (κ3) is 4.64. The summed E-state index contributed by atoms with van der Waals surface area (Å²) in [6.45, 7) is 2.79. The first-order chi connectivity index (χ1) is 9.75. The number of ether oxygens (including phenoxy) is 1. The lowest BCUT2D eigenvalue weighted by molar-refractivity contribution is 0.104. The minimum Gasteiger partial charge on any atom is -0.491 e. The number of rotatable bonds is 7. The van der Waals surface area contributed by atoms with Crippen molar-refractivity contribution in [1.82, 2.24) is 10.3 Å². The van der Waals surface area contributed by atoms with E-state index in [9.17, 15) is 5.11 Å². The van der Waals surface area contributed by atoms with Crippen molar-refractivity contribution >= 4 is 0 Å². The van der Waals surface area contributed by atoms with Gasteiger partial charge in [-0.05, 0) is 30.7 Å². The van der Waals surface area contributed by atoms with Crippen molar-refractivity contribution < 1.29 is 9.84 Å². The van der Waals surface area contributed by atoms with Crippen LogP contribution in [0.4, 0.5) is 0 Å². The molecule has 106 valence electrons. The number of nitrogens with one attached hydrogen (secondary N) is 1. The molecule has 0 aliphatic rings. The lowest BCUT2D eigenvalue weighted by Crippen LogP contribution is -2.33. The van der Waals surface area contributed by atoms with Gasteiger partial charge in [-0.25, -0.2) is 0 Å². The summed E-state index contributed by atoms with van der Waals surface area (Å²) in [6, 6.07) is 13.6. The average molecular weight is 272 g/mol. The summed E-state index contributed by atoms with van der Waals surface area (Å²) in [5.41, 5.74) is 1.10. The van der Waals surface area contributed by atoms with E-state index in [0.29, 0.717) is 6.54 Å². The van der Waals surface area contributed by atoms with Crippen LogP contribution in [0, 0.1) is 0 Å². The molecule has 2 aromatic rings. The molecule has 0 aliphatic carbocycles. The molecule has 1 aromatic heterocycles. The van der Waals surface area contributed by atoms with Crippen LogP contribution >= 0.6 is 0 Å². The molecule has 4 nitrogen and oxygen atoms in total. The van der Waals surface area contributed by atoms with E-state index in [2.05, 4.69) is 10.3 Å². The molecule has 0 radical (unpaired) electrons. The highest BCUT2D eigenvalue weighted by Gasteiger charge is 2.09. The Morgan fingerprint density at radius 1 is 1.20 bits per heavy atom. The Morgan fingerprint density at radius 2 is 2.00 bits per heavy atom. The minimum absolute atomic E-state index is 0.148. The largest absolute Gasteiger partial charge is 0.491 e. The van der Waals surface area contributed by atoms with E-state index in [-0.39, 0.29) is 12.6 Å². The number of aliphatic hydroxyl groups excluding tert-OH is 1. The number of aliphatic hydroxyl groups is 1. The van der Waals surface area contributed by atoms with E-state index in [1.165, 1.54) is 0 Å². The van der Waals surface area contributed by atoms with Crippen molar-refractivity contribution in [3.8, 4) is 5.75 Å². The summed E-state index contributed by atoms with van der Waals surface area (Å²) < 4.78 is 5.50. The van der Waals surface area contributed by atoms with Crippen molar-refractivity contribution in [1.29, 1.82) is 0 Å². The first-order valence-corrected chi connectivity index (χ1v) is 6.75. The van der Waals surface area contributed by atoms with Gasteiger partial charge >= 0.3 is 0 Å². The van der Waals surface area contributed by atoms with E-state index in [1.807, 2.05) is 55.6 Å². The summed E-state index contributed by atoms with van der Waals surface area (Å²) in [4.78, 5) is 4.08. The lowest BCUT2D eigenvalue weighted by Gasteiger charge is -2.17. The Labute approximate surface area is 119 Å². The fourth-order valence-electron chi connectivity index (χ4n) is 1.83. The second-order valence-corrected chi connectivity index (χ2v) is 4.69. The summed E-state index contributed by atoms with van der Waals surface area (Å²) in [7, 11) is 0. The molecule has 20 heavy (non-hydrogen) atoms. The number of para-hydroxylation sites is 1. The van der Waals surface area contributed by atoms with Gasteiger partial charge in [-0.15, -0.1) is 0 Å². The molecule has 1 heterocycles. The Kier molecular flexibility index (Phi) is 5.53. The van der Waals surface area contributed by atoms with E-state index in [0.717, 1.165) is 11.3 Å². The van der Waals surface area contributed by atoms with Crippen LogP contribution in [0.25, 0.3) is 0 Å². The molecule has 2 atom stereocenters. The number of hydrogen-bond donors (Lipinski definition) is 2. The molecule has 1 aromatic carbocycles. The van der Waals surface area contributed by atoms with Crippen LogP contribution in [0.15, 0.2) is 54.9 Å². The zero-order valence-electron chi connectivity index (χ0n) is 11.6. The van der Waals surface area contributed by atoms with Crippen LogP contribution in [0.2, 0.25) is 0 Å². The summed E-state index contributed by atoms with van der Waals surface area (Å²) in [5.74, 6) is 0.770. The second-order valence-electron chi connectivity index (χ2n) is 4.69. The maximum absolute atomic E-state index is 9.90. The second kappa shape index (κ2) is 7.62. The SMILES string of the molecule is C[C@@H](NCC(O)COc1ccccc1)c1cccnc1. The molecule has 0 saturated carbocycles. The van der Waals surface area contributed by atoms with Crippen LogP contribution in [-0.4, -0.2) is 29.3 Å². The van der Waals surface area contributed by atoms with Gasteiger partial charge in [0.1, 0.15) is 18.5 Å². The van der Waals surface area contributed by atoms with E-state index >= 15 is 0 Å². The van der Waals surface area contributed by atoms with Crippen molar-refractivity contribution in [2.45, 2.75) is 19.1 Å². The minimum atomic E-state index is -0.547. The molecule has 0 fully saturated rings. The predicted octanol–water partition coefficient (Wildman–Crippen LogP) is 2.17. The normalized spacial score (nSPS) is 13.7. The average Bonchev–Trinajstić information content (AvgIpc) is 2.52. The molecular formula is C16H20N2O2. The van der Waals surface area contributed by atoms with Gasteiger partial charge in [0.25, 0.3) is 0 Å². The van der Waals surface area contributed by atoms with Crippen molar-refractivity contribution in [2.24, 2.45) is 0 Å². The predicted molar refractivity (Wildman–Crippen MR) is 78.6 cm³/mol. The Morgan fingerprint density at radius 3 is 2.70 bits per heavy atom. The third-order valence-electron chi connectivity index (χ3n) is 3.03. The number of pyridine rings is 1.